The molecule has 0 aliphatic carbocycles. The maximum atomic E-state index is 12.8. The van der Waals surface area contributed by atoms with Crippen LogP contribution in [0.15, 0.2) is 28.6 Å². The monoisotopic (exact) mass is 366 g/mol. The zero-order valence-corrected chi connectivity index (χ0v) is 14.8. The van der Waals surface area contributed by atoms with Crippen molar-refractivity contribution in [1.29, 1.82) is 0 Å². The fourth-order valence-electron chi connectivity index (χ4n) is 2.47. The molecule has 1 N–H and O–H groups in total. The van der Waals surface area contributed by atoms with Crippen LogP contribution in [0.25, 0.3) is 0 Å². The molecule has 24 heavy (non-hydrogen) atoms. The third kappa shape index (κ3) is 4.91. The molecule has 5 nitrogen and oxygen atoms in total. The first kappa shape index (κ1) is 17.2. The number of hydrogen-bond acceptors (Lipinski definition) is 6. The summed E-state index contributed by atoms with van der Waals surface area (Å²) in [7, 11) is 0. The molecule has 0 atom stereocenters. The van der Waals surface area contributed by atoms with Crippen molar-refractivity contribution >= 4 is 34.1 Å². The lowest BCUT2D eigenvalue weighted by Crippen LogP contribution is -2.27. The third-order valence-corrected chi connectivity index (χ3v) is 5.87. The Labute approximate surface area is 148 Å². The van der Waals surface area contributed by atoms with Crippen LogP contribution in [0, 0.1) is 5.82 Å². The average molecular weight is 366 g/mol. The lowest BCUT2D eigenvalue weighted by Gasteiger charge is -2.10. The van der Waals surface area contributed by atoms with Gasteiger partial charge in [0.15, 0.2) is 4.34 Å². The number of rotatable bonds is 7. The number of thioether (sulfide) groups is 1. The molecule has 1 fully saturated rings. The minimum atomic E-state index is -0.246. The molecule has 8 heteroatoms. The first-order chi connectivity index (χ1) is 11.7. The van der Waals surface area contributed by atoms with Gasteiger partial charge in [0.2, 0.25) is 11.0 Å². The summed E-state index contributed by atoms with van der Waals surface area (Å²) < 4.78 is 13.6. The highest BCUT2D eigenvalue weighted by molar-refractivity contribution is 8.01. The topological polar surface area (TPSA) is 58.1 Å². The number of carbonyl (C=O) groups excluding carboxylic acids is 1. The van der Waals surface area contributed by atoms with Crippen LogP contribution in [-0.2, 0) is 11.2 Å². The first-order valence-corrected chi connectivity index (χ1v) is 9.73. The predicted molar refractivity (Wildman–Crippen MR) is 95.2 cm³/mol. The quantitative estimate of drug-likeness (QED) is 0.764. The summed E-state index contributed by atoms with van der Waals surface area (Å²) in [5, 5.41) is 12.2. The highest BCUT2D eigenvalue weighted by Gasteiger charge is 2.17. The number of hydrogen-bond donors (Lipinski definition) is 1. The lowest BCUT2D eigenvalue weighted by molar-refractivity contribution is -0.118. The number of anilines is 1. The molecule has 2 aromatic rings. The molecule has 1 amide bonds. The summed E-state index contributed by atoms with van der Waals surface area (Å²) in [5.74, 6) is 0.0579. The summed E-state index contributed by atoms with van der Waals surface area (Å²) in [5.41, 5.74) is 1.00. The second kappa shape index (κ2) is 8.43. The molecule has 1 saturated heterocycles. The second-order valence-electron chi connectivity index (χ2n) is 5.56. The normalized spacial score (nSPS) is 14.1. The smallest absolute Gasteiger partial charge is 0.230 e. The Morgan fingerprint density at radius 1 is 1.25 bits per heavy atom. The average Bonchev–Trinajstić information content (AvgIpc) is 3.26. The Bertz CT molecular complexity index is 671. The molecule has 1 aliphatic heterocycles. The van der Waals surface area contributed by atoms with E-state index in [-0.39, 0.29) is 11.7 Å². The van der Waals surface area contributed by atoms with Gasteiger partial charge in [-0.1, -0.05) is 35.2 Å². The fourth-order valence-corrected chi connectivity index (χ4v) is 4.20. The van der Waals surface area contributed by atoms with E-state index in [1.165, 1.54) is 36.7 Å². The van der Waals surface area contributed by atoms with Crippen molar-refractivity contribution in [3.05, 3.63) is 35.6 Å². The van der Waals surface area contributed by atoms with Crippen LogP contribution in [-0.4, -0.2) is 41.5 Å². The lowest BCUT2D eigenvalue weighted by atomic mass is 10.1. The second-order valence-corrected chi connectivity index (χ2v) is 7.74. The van der Waals surface area contributed by atoms with Crippen molar-refractivity contribution < 1.29 is 9.18 Å². The molecule has 0 saturated carbocycles. The zero-order chi connectivity index (χ0) is 16.8. The van der Waals surface area contributed by atoms with Crippen molar-refractivity contribution in [1.82, 2.24) is 15.5 Å². The number of benzene rings is 1. The van der Waals surface area contributed by atoms with Crippen molar-refractivity contribution in [2.75, 3.05) is 30.3 Å². The highest BCUT2D eigenvalue weighted by Crippen LogP contribution is 2.29. The van der Waals surface area contributed by atoms with Gasteiger partial charge in [-0.25, -0.2) is 4.39 Å². The van der Waals surface area contributed by atoms with Gasteiger partial charge in [0.05, 0.1) is 5.75 Å². The molecular formula is C16H19FN4OS2. The Morgan fingerprint density at radius 2 is 2.00 bits per heavy atom. The molecule has 2 heterocycles. The molecule has 3 rings (SSSR count). The van der Waals surface area contributed by atoms with E-state index in [2.05, 4.69) is 20.4 Å². The molecule has 0 unspecified atom stereocenters. The Kier molecular flexibility index (Phi) is 6.03. The van der Waals surface area contributed by atoms with E-state index in [9.17, 15) is 9.18 Å². The summed E-state index contributed by atoms with van der Waals surface area (Å²) >= 11 is 2.96. The van der Waals surface area contributed by atoms with Gasteiger partial charge in [0.1, 0.15) is 5.82 Å². The Hall–Kier alpha value is -1.67. The van der Waals surface area contributed by atoms with E-state index in [0.717, 1.165) is 28.1 Å². The third-order valence-electron chi connectivity index (χ3n) is 3.75. The number of halogens is 1. The van der Waals surface area contributed by atoms with Crippen LogP contribution in [0.2, 0.25) is 0 Å². The molecule has 0 bridgehead atoms. The number of nitrogens with zero attached hydrogens (tertiary/aromatic N) is 3. The van der Waals surface area contributed by atoms with Crippen LogP contribution in [0.4, 0.5) is 9.52 Å². The van der Waals surface area contributed by atoms with Crippen molar-refractivity contribution in [3.8, 4) is 0 Å². The number of carbonyl (C=O) groups is 1. The Morgan fingerprint density at radius 3 is 2.75 bits per heavy atom. The summed E-state index contributed by atoms with van der Waals surface area (Å²) in [4.78, 5) is 14.1. The molecule has 1 aromatic carbocycles. The highest BCUT2D eigenvalue weighted by atomic mass is 32.2. The number of aromatic nitrogens is 2. The molecule has 1 aliphatic rings. The van der Waals surface area contributed by atoms with Crippen LogP contribution in [0.1, 0.15) is 18.4 Å². The van der Waals surface area contributed by atoms with Crippen LogP contribution in [0.5, 0.6) is 0 Å². The van der Waals surface area contributed by atoms with E-state index in [1.54, 1.807) is 23.5 Å². The van der Waals surface area contributed by atoms with E-state index in [1.807, 2.05) is 0 Å². The Balaban J connectivity index is 1.37. The van der Waals surface area contributed by atoms with E-state index in [4.69, 9.17) is 0 Å². The minimum Gasteiger partial charge on any atom is -0.355 e. The van der Waals surface area contributed by atoms with Gasteiger partial charge in [0, 0.05) is 19.6 Å². The fraction of sp³-hybridized carbons (Fsp3) is 0.438. The van der Waals surface area contributed by atoms with Crippen molar-refractivity contribution in [3.63, 3.8) is 0 Å². The largest absolute Gasteiger partial charge is 0.355 e. The van der Waals surface area contributed by atoms with E-state index < -0.39 is 0 Å². The zero-order valence-electron chi connectivity index (χ0n) is 13.2. The predicted octanol–water partition coefficient (Wildman–Crippen LogP) is 2.73. The summed E-state index contributed by atoms with van der Waals surface area (Å²) in [6.07, 6.45) is 3.10. The van der Waals surface area contributed by atoms with E-state index in [0.29, 0.717) is 18.7 Å². The SMILES string of the molecule is O=C(CSc1nnc(N2CCCC2)s1)NCCc1ccc(F)cc1. The maximum absolute atomic E-state index is 12.8. The molecule has 128 valence electrons. The number of nitrogens with one attached hydrogen (secondary N) is 1. The molecule has 0 spiro atoms. The molecule has 0 radical (unpaired) electrons. The van der Waals surface area contributed by atoms with Crippen LogP contribution >= 0.6 is 23.1 Å². The first-order valence-electron chi connectivity index (χ1n) is 7.93. The van der Waals surface area contributed by atoms with E-state index >= 15 is 0 Å². The van der Waals surface area contributed by atoms with Crippen molar-refractivity contribution in [2.45, 2.75) is 23.6 Å². The van der Waals surface area contributed by atoms with Crippen molar-refractivity contribution in [2.24, 2.45) is 0 Å². The molecule has 1 aromatic heterocycles. The standard InChI is InChI=1S/C16H19FN4OS2/c17-13-5-3-12(4-6-13)7-8-18-14(22)11-23-16-20-19-15(24-16)21-9-1-2-10-21/h3-6H,1-2,7-11H2,(H,18,22). The van der Waals surface area contributed by atoms with Gasteiger partial charge in [0.25, 0.3) is 0 Å². The van der Waals surface area contributed by atoms with Gasteiger partial charge in [-0.2, -0.15) is 0 Å². The minimum absolute atomic E-state index is 0.0277. The van der Waals surface area contributed by atoms with Gasteiger partial charge in [-0.05, 0) is 37.0 Å². The summed E-state index contributed by atoms with van der Waals surface area (Å²) in [6.45, 7) is 2.63. The van der Waals surface area contributed by atoms with Gasteiger partial charge in [-0.15, -0.1) is 10.2 Å². The summed E-state index contributed by atoms with van der Waals surface area (Å²) in [6, 6.07) is 6.33. The van der Waals surface area contributed by atoms with Crippen LogP contribution in [0.3, 0.4) is 0 Å². The molecular weight excluding hydrogens is 347 g/mol. The van der Waals surface area contributed by atoms with Gasteiger partial charge < -0.3 is 10.2 Å². The number of amides is 1. The van der Waals surface area contributed by atoms with Crippen LogP contribution < -0.4 is 10.2 Å². The maximum Gasteiger partial charge on any atom is 0.230 e. The van der Waals surface area contributed by atoms with Gasteiger partial charge >= 0.3 is 0 Å². The van der Waals surface area contributed by atoms with Gasteiger partial charge in [-0.3, -0.25) is 4.79 Å².